The zero-order valence-corrected chi connectivity index (χ0v) is 12.7. The molecule has 0 aromatic heterocycles. The molecule has 0 spiro atoms. The highest BCUT2D eigenvalue weighted by atomic mass is 35.5. The van der Waals surface area contributed by atoms with Crippen molar-refractivity contribution in [3.63, 3.8) is 0 Å². The van der Waals surface area contributed by atoms with Gasteiger partial charge in [-0.05, 0) is 37.6 Å². The lowest BCUT2D eigenvalue weighted by Gasteiger charge is -2.32. The molecule has 1 unspecified atom stereocenters. The van der Waals surface area contributed by atoms with Crippen molar-refractivity contribution in [1.82, 2.24) is 10.0 Å². The van der Waals surface area contributed by atoms with Gasteiger partial charge in [0, 0.05) is 13.1 Å². The van der Waals surface area contributed by atoms with Crippen LogP contribution in [0.4, 0.5) is 8.78 Å². The van der Waals surface area contributed by atoms with Gasteiger partial charge in [0.2, 0.25) is 10.0 Å². The zero-order valence-electron chi connectivity index (χ0n) is 11.1. The topological polar surface area (TPSA) is 78.4 Å². The Kier molecular flexibility index (Phi) is 6.06. The van der Waals surface area contributed by atoms with E-state index in [9.17, 15) is 22.3 Å². The SMILES string of the molecule is Cl.O=S(=O)(NCC1(O)CCCNC1)c1ccc(F)c(F)c1. The van der Waals surface area contributed by atoms with Gasteiger partial charge in [-0.15, -0.1) is 12.4 Å². The second-order valence-electron chi connectivity index (χ2n) is 4.91. The van der Waals surface area contributed by atoms with Crippen LogP contribution in [-0.2, 0) is 10.0 Å². The summed E-state index contributed by atoms with van der Waals surface area (Å²) in [6.45, 7) is 0.882. The van der Waals surface area contributed by atoms with Crippen molar-refractivity contribution in [3.05, 3.63) is 29.8 Å². The predicted molar refractivity (Wildman–Crippen MR) is 75.8 cm³/mol. The van der Waals surface area contributed by atoms with Crippen LogP contribution >= 0.6 is 12.4 Å². The molecule has 0 bridgehead atoms. The molecule has 21 heavy (non-hydrogen) atoms. The summed E-state index contributed by atoms with van der Waals surface area (Å²) in [5, 5.41) is 13.1. The van der Waals surface area contributed by atoms with Crippen molar-refractivity contribution in [2.75, 3.05) is 19.6 Å². The van der Waals surface area contributed by atoms with Crippen molar-refractivity contribution < 1.29 is 22.3 Å². The number of hydrogen-bond donors (Lipinski definition) is 3. The van der Waals surface area contributed by atoms with Gasteiger partial charge in [0.1, 0.15) is 0 Å². The summed E-state index contributed by atoms with van der Waals surface area (Å²) in [5.41, 5.74) is -1.16. The minimum Gasteiger partial charge on any atom is -0.387 e. The fraction of sp³-hybridized carbons (Fsp3) is 0.500. The second kappa shape index (κ2) is 6.97. The van der Waals surface area contributed by atoms with Gasteiger partial charge in [0.05, 0.1) is 10.5 Å². The van der Waals surface area contributed by atoms with Crippen LogP contribution in [0.5, 0.6) is 0 Å². The Bertz CT molecular complexity index is 592. The number of aliphatic hydroxyl groups is 1. The monoisotopic (exact) mass is 342 g/mol. The van der Waals surface area contributed by atoms with E-state index in [1.807, 2.05) is 0 Å². The van der Waals surface area contributed by atoms with E-state index in [-0.39, 0.29) is 30.4 Å². The summed E-state index contributed by atoms with van der Waals surface area (Å²) in [4.78, 5) is -0.372. The largest absolute Gasteiger partial charge is 0.387 e. The Morgan fingerprint density at radius 3 is 2.62 bits per heavy atom. The zero-order chi connectivity index (χ0) is 14.8. The molecule has 1 aromatic carbocycles. The maximum atomic E-state index is 13.1. The van der Waals surface area contributed by atoms with E-state index in [0.717, 1.165) is 25.1 Å². The van der Waals surface area contributed by atoms with Crippen LogP contribution in [0.1, 0.15) is 12.8 Å². The van der Waals surface area contributed by atoms with Crippen molar-refractivity contribution in [3.8, 4) is 0 Å². The van der Waals surface area contributed by atoms with Crippen molar-refractivity contribution in [1.29, 1.82) is 0 Å². The lowest BCUT2D eigenvalue weighted by atomic mass is 9.95. The van der Waals surface area contributed by atoms with Crippen LogP contribution in [0.15, 0.2) is 23.1 Å². The fourth-order valence-electron chi connectivity index (χ4n) is 2.06. The number of β-amino-alcohol motifs (C(OH)–C–C–N with tert-alkyl or cyclic N) is 1. The lowest BCUT2D eigenvalue weighted by molar-refractivity contribution is 0.0218. The molecular weight excluding hydrogens is 326 g/mol. The third kappa shape index (κ3) is 4.58. The number of benzene rings is 1. The van der Waals surface area contributed by atoms with E-state index in [1.54, 1.807) is 0 Å². The summed E-state index contributed by atoms with van der Waals surface area (Å²) < 4.78 is 52.0. The number of rotatable bonds is 4. The number of halogens is 3. The van der Waals surface area contributed by atoms with E-state index in [4.69, 9.17) is 0 Å². The molecule has 1 atom stereocenters. The molecule has 1 saturated heterocycles. The Morgan fingerprint density at radius 2 is 2.05 bits per heavy atom. The van der Waals surface area contributed by atoms with Crippen molar-refractivity contribution >= 4 is 22.4 Å². The average molecular weight is 343 g/mol. The maximum absolute atomic E-state index is 13.1. The highest BCUT2D eigenvalue weighted by Gasteiger charge is 2.31. The maximum Gasteiger partial charge on any atom is 0.240 e. The molecule has 5 nitrogen and oxygen atoms in total. The molecule has 0 amide bonds. The summed E-state index contributed by atoms with van der Waals surface area (Å²) in [6.07, 6.45) is 1.21. The fourth-order valence-corrected chi connectivity index (χ4v) is 3.19. The van der Waals surface area contributed by atoms with E-state index in [2.05, 4.69) is 10.0 Å². The molecule has 0 aliphatic carbocycles. The first-order valence-corrected chi connectivity index (χ1v) is 7.69. The molecule has 0 radical (unpaired) electrons. The van der Waals surface area contributed by atoms with Crippen LogP contribution in [0.25, 0.3) is 0 Å². The third-order valence-corrected chi connectivity index (χ3v) is 4.64. The van der Waals surface area contributed by atoms with Crippen molar-refractivity contribution in [2.24, 2.45) is 0 Å². The molecular formula is C12H17ClF2N2O3S. The van der Waals surface area contributed by atoms with Gasteiger partial charge >= 0.3 is 0 Å². The summed E-state index contributed by atoms with van der Waals surface area (Å²) in [7, 11) is -3.98. The first-order chi connectivity index (χ1) is 9.32. The van der Waals surface area contributed by atoms with Gasteiger partial charge in [0.25, 0.3) is 0 Å². The second-order valence-corrected chi connectivity index (χ2v) is 6.67. The van der Waals surface area contributed by atoms with Gasteiger partial charge in [-0.25, -0.2) is 21.9 Å². The summed E-state index contributed by atoms with van der Waals surface area (Å²) in [6, 6.07) is 2.34. The third-order valence-electron chi connectivity index (χ3n) is 3.24. The lowest BCUT2D eigenvalue weighted by Crippen LogP contribution is -2.52. The quantitative estimate of drug-likeness (QED) is 0.755. The average Bonchev–Trinajstić information content (AvgIpc) is 2.41. The van der Waals surface area contributed by atoms with Crippen LogP contribution < -0.4 is 10.0 Å². The van der Waals surface area contributed by atoms with Crippen molar-refractivity contribution in [2.45, 2.75) is 23.3 Å². The van der Waals surface area contributed by atoms with Gasteiger partial charge in [-0.1, -0.05) is 0 Å². The molecule has 1 heterocycles. The van der Waals surface area contributed by atoms with E-state index >= 15 is 0 Å². The van der Waals surface area contributed by atoms with Gasteiger partial charge < -0.3 is 10.4 Å². The van der Waals surface area contributed by atoms with Crippen LogP contribution in [0.3, 0.4) is 0 Å². The molecule has 1 aliphatic heterocycles. The summed E-state index contributed by atoms with van der Waals surface area (Å²) >= 11 is 0. The van der Waals surface area contributed by atoms with Crippen LogP contribution in [0.2, 0.25) is 0 Å². The Balaban J connectivity index is 0.00000220. The molecule has 0 saturated carbocycles. The Hall–Kier alpha value is -0.800. The highest BCUT2D eigenvalue weighted by molar-refractivity contribution is 7.89. The number of piperidine rings is 1. The Labute approximate surface area is 128 Å². The molecule has 2 rings (SSSR count). The number of hydrogen-bond acceptors (Lipinski definition) is 4. The molecule has 3 N–H and O–H groups in total. The molecule has 120 valence electrons. The molecule has 1 aliphatic rings. The summed E-state index contributed by atoms with van der Waals surface area (Å²) in [5.74, 6) is -2.34. The smallest absolute Gasteiger partial charge is 0.240 e. The standard InChI is InChI=1S/C12H16F2N2O3S.ClH/c13-10-3-2-9(6-11(10)14)20(18,19)16-8-12(17)4-1-5-15-7-12;/h2-3,6,15-17H,1,4-5,7-8H2;1H. The van der Waals surface area contributed by atoms with E-state index < -0.39 is 27.3 Å². The Morgan fingerprint density at radius 1 is 1.33 bits per heavy atom. The normalized spacial score (nSPS) is 22.6. The first kappa shape index (κ1) is 18.2. The molecule has 9 heteroatoms. The minimum atomic E-state index is -3.98. The van der Waals surface area contributed by atoms with Crippen LogP contribution in [-0.4, -0.2) is 38.8 Å². The van der Waals surface area contributed by atoms with Gasteiger partial charge in [-0.2, -0.15) is 0 Å². The molecule has 1 fully saturated rings. The first-order valence-electron chi connectivity index (χ1n) is 6.20. The highest BCUT2D eigenvalue weighted by Crippen LogP contribution is 2.17. The van der Waals surface area contributed by atoms with Gasteiger partial charge in [-0.3, -0.25) is 0 Å². The minimum absolute atomic E-state index is 0. The van der Waals surface area contributed by atoms with E-state index in [0.29, 0.717) is 12.5 Å². The van der Waals surface area contributed by atoms with Crippen LogP contribution in [0, 0.1) is 11.6 Å². The van der Waals surface area contributed by atoms with E-state index in [1.165, 1.54) is 0 Å². The number of sulfonamides is 1. The molecule has 1 aromatic rings. The number of nitrogens with one attached hydrogen (secondary N) is 2. The van der Waals surface area contributed by atoms with Gasteiger partial charge in [0.15, 0.2) is 11.6 Å². The predicted octanol–water partition coefficient (Wildman–Crippen LogP) is 0.779.